The Morgan fingerprint density at radius 1 is 0.654 bits per heavy atom. The molecule has 9 aromatic rings. The summed E-state index contributed by atoms with van der Waals surface area (Å²) in [6.07, 6.45) is -1.73. The number of nitrogens with zero attached hydrogens (tertiary/aromatic N) is 3. The Hall–Kier alpha value is -4.81. The van der Waals surface area contributed by atoms with Crippen LogP contribution in [0.15, 0.2) is 145 Å². The van der Waals surface area contributed by atoms with E-state index in [2.05, 4.69) is 34.2 Å². The fraction of sp³-hybridized carbons (Fsp3) is 0.0244. The second-order valence-corrected chi connectivity index (χ2v) is 12.8. The number of thiophene rings is 1. The van der Waals surface area contributed by atoms with Gasteiger partial charge in [-0.05, 0) is 47.5 Å². The first-order chi connectivity index (χ1) is 24.7. The van der Waals surface area contributed by atoms with Crippen molar-refractivity contribution < 1.29 is 72.4 Å². The fourth-order valence-electron chi connectivity index (χ4n) is 6.34. The maximum absolute atomic E-state index is 13.6. The molecule has 0 spiro atoms. The first kappa shape index (κ1) is 35.6. The number of hydrogen-bond donors (Lipinski definition) is 1. The van der Waals surface area contributed by atoms with E-state index in [1.54, 1.807) is 42.7 Å². The van der Waals surface area contributed by atoms with Crippen molar-refractivity contribution in [1.82, 2.24) is 14.5 Å². The Bertz CT molecular complexity index is 2800. The van der Waals surface area contributed by atoms with Crippen LogP contribution in [0.4, 0.5) is 13.2 Å². The summed E-state index contributed by atoms with van der Waals surface area (Å²) in [6, 6.07) is 39.1. The molecule has 1 radical (unpaired) electrons. The smallest absolute Gasteiger partial charge is 0.455 e. The third kappa shape index (κ3) is 6.32. The van der Waals surface area contributed by atoms with Gasteiger partial charge in [-0.3, -0.25) is 24.1 Å². The molecule has 1 N–H and O–H groups in total. The van der Waals surface area contributed by atoms with Crippen molar-refractivity contribution in [3.05, 3.63) is 156 Å². The molecule has 0 bridgehead atoms. The number of halogens is 3. The predicted molar refractivity (Wildman–Crippen MR) is 197 cm³/mol. The monoisotopic (exact) mass is 848 g/mol. The van der Waals surface area contributed by atoms with E-state index >= 15 is 0 Å². The van der Waals surface area contributed by atoms with Gasteiger partial charge in [0.2, 0.25) is 0 Å². The van der Waals surface area contributed by atoms with Crippen molar-refractivity contribution >= 4 is 70.0 Å². The van der Waals surface area contributed by atoms with E-state index < -0.39 is 28.8 Å². The molecule has 4 heterocycles. The Labute approximate surface area is 338 Å². The number of carbonyl (C=O) groups is 1. The molecule has 5 aromatic carbocycles. The predicted octanol–water partition coefficient (Wildman–Crippen LogP) is 10.3. The summed E-state index contributed by atoms with van der Waals surface area (Å²) in [7, 11) is 0. The van der Waals surface area contributed by atoms with E-state index in [4.69, 9.17) is 0 Å². The van der Waals surface area contributed by atoms with Gasteiger partial charge in [0.1, 0.15) is 11.3 Å². The maximum Gasteiger partial charge on any atom is 0.455 e. The summed E-state index contributed by atoms with van der Waals surface area (Å²) in [5.41, 5.74) is 1.72. The zero-order chi connectivity index (χ0) is 35.3. The summed E-state index contributed by atoms with van der Waals surface area (Å²) >= 11 is 1.36. The fourth-order valence-corrected chi connectivity index (χ4v) is 7.58. The molecule has 0 saturated carbocycles. The topological polar surface area (TPSA) is 85.1 Å². The second-order valence-electron chi connectivity index (χ2n) is 11.8. The van der Waals surface area contributed by atoms with E-state index in [9.17, 15) is 27.9 Å². The number of pyridine rings is 3. The molecule has 0 unspecified atom stereocenters. The van der Waals surface area contributed by atoms with Crippen molar-refractivity contribution in [2.75, 3.05) is 0 Å². The molecular formula is C41H24EuF3N3O3S. The standard InChI is InChI=1S/C29H16F3NO3S.C12H8N2.Eu/c30-29(31,32)27(35)23-25(34)21-15-14-20-19-8-4-5-9-22(19)37-26(20)24(21)33(28(23)36)18-12-10-17(11-13-18)16-6-2-1-3-7-16;1-3-9-5-6-10-4-2-8-14-12(10)11(9)13-7-1;/h1-15,34H;1-8H;. The van der Waals surface area contributed by atoms with E-state index in [0.717, 1.165) is 53.0 Å². The van der Waals surface area contributed by atoms with Gasteiger partial charge >= 0.3 is 6.18 Å². The maximum atomic E-state index is 13.6. The van der Waals surface area contributed by atoms with Gasteiger partial charge in [-0.15, -0.1) is 11.3 Å². The number of carbonyl (C=O) groups excluding carboxylic acids is 1. The molecule has 0 amide bonds. The average molecular weight is 848 g/mol. The SMILES string of the molecule is O=C(c1c(O)c2ccc3c4ccccc4sc3c2n(-c2ccc(-c3ccccc3)cc2)c1=O)C(F)(F)F.[Eu].c1cnc2c(c1)ccc1cccnc12. The van der Waals surface area contributed by atoms with Crippen LogP contribution >= 0.6 is 11.3 Å². The summed E-state index contributed by atoms with van der Waals surface area (Å²) < 4.78 is 43.0. The number of fused-ring (bicyclic) bond motifs is 8. The van der Waals surface area contributed by atoms with Gasteiger partial charge < -0.3 is 5.11 Å². The van der Waals surface area contributed by atoms with Gasteiger partial charge in [0.05, 0.1) is 21.3 Å². The number of alkyl halides is 3. The van der Waals surface area contributed by atoms with E-state index in [1.165, 1.54) is 17.4 Å². The molecular weight excluding hydrogens is 823 g/mol. The van der Waals surface area contributed by atoms with Crippen molar-refractivity contribution in [2.45, 2.75) is 6.18 Å². The summed E-state index contributed by atoms with van der Waals surface area (Å²) in [6.45, 7) is 0. The minimum absolute atomic E-state index is 0. The molecule has 0 aliphatic heterocycles. The molecule has 4 aromatic heterocycles. The van der Waals surface area contributed by atoms with Gasteiger partial charge in [0, 0.05) is 99.1 Å². The van der Waals surface area contributed by atoms with Crippen LogP contribution in [0, 0.1) is 49.4 Å². The zero-order valence-electron chi connectivity index (χ0n) is 26.8. The van der Waals surface area contributed by atoms with Gasteiger partial charge in [0.15, 0.2) is 0 Å². The number of aromatic nitrogens is 3. The van der Waals surface area contributed by atoms with Crippen LogP contribution in [0.5, 0.6) is 5.75 Å². The zero-order valence-corrected chi connectivity index (χ0v) is 30.0. The van der Waals surface area contributed by atoms with Crippen LogP contribution in [0.2, 0.25) is 0 Å². The molecule has 52 heavy (non-hydrogen) atoms. The Balaban J connectivity index is 0.000000234. The van der Waals surface area contributed by atoms with Crippen LogP contribution < -0.4 is 5.56 Å². The third-order valence-electron chi connectivity index (χ3n) is 8.71. The first-order valence-electron chi connectivity index (χ1n) is 15.8. The molecule has 11 heteroatoms. The molecule has 0 saturated heterocycles. The molecule has 9 rings (SSSR count). The second kappa shape index (κ2) is 14.3. The number of aromatic hydroxyl groups is 1. The normalized spacial score (nSPS) is 11.4. The minimum Gasteiger partial charge on any atom is -0.506 e. The van der Waals surface area contributed by atoms with E-state index in [1.807, 2.05) is 66.7 Å². The van der Waals surface area contributed by atoms with Gasteiger partial charge in [-0.2, -0.15) is 13.2 Å². The van der Waals surface area contributed by atoms with Crippen molar-refractivity contribution in [3.63, 3.8) is 0 Å². The van der Waals surface area contributed by atoms with Crippen LogP contribution in [-0.2, 0) is 0 Å². The van der Waals surface area contributed by atoms with Gasteiger partial charge in [-0.25, -0.2) is 0 Å². The molecule has 0 atom stereocenters. The van der Waals surface area contributed by atoms with Crippen molar-refractivity contribution in [1.29, 1.82) is 0 Å². The summed E-state index contributed by atoms with van der Waals surface area (Å²) in [5.74, 6) is -3.36. The molecule has 0 aliphatic rings. The van der Waals surface area contributed by atoms with Crippen molar-refractivity contribution in [3.8, 4) is 22.6 Å². The summed E-state index contributed by atoms with van der Waals surface area (Å²) in [5, 5.41) is 14.8. The third-order valence-corrected chi connectivity index (χ3v) is 9.91. The number of ketones is 1. The van der Waals surface area contributed by atoms with Crippen LogP contribution in [-0.4, -0.2) is 31.6 Å². The molecule has 0 aliphatic carbocycles. The van der Waals surface area contributed by atoms with Crippen LogP contribution in [0.25, 0.3) is 69.7 Å². The van der Waals surface area contributed by atoms with Crippen LogP contribution in [0.1, 0.15) is 10.4 Å². The minimum atomic E-state index is -5.33. The Kier molecular flexibility index (Phi) is 9.80. The van der Waals surface area contributed by atoms with Crippen molar-refractivity contribution in [2.24, 2.45) is 0 Å². The first-order valence-corrected chi connectivity index (χ1v) is 16.6. The number of benzene rings is 5. The van der Waals surface area contributed by atoms with E-state index in [-0.39, 0.29) is 66.0 Å². The Morgan fingerprint density at radius 3 is 1.87 bits per heavy atom. The largest absolute Gasteiger partial charge is 0.506 e. The van der Waals surface area contributed by atoms with E-state index in [0.29, 0.717) is 4.70 Å². The molecule has 0 fully saturated rings. The van der Waals surface area contributed by atoms with Crippen LogP contribution in [0.3, 0.4) is 0 Å². The molecule has 6 nitrogen and oxygen atoms in total. The Morgan fingerprint density at radius 2 is 1.23 bits per heavy atom. The quantitative estimate of drug-likeness (QED) is 0.141. The average Bonchev–Trinajstić information content (AvgIpc) is 3.54. The number of hydrogen-bond acceptors (Lipinski definition) is 6. The molecule has 255 valence electrons. The van der Waals surface area contributed by atoms with Gasteiger partial charge in [0.25, 0.3) is 11.3 Å². The number of Topliss-reactive ketones (excluding diaryl/α,β-unsaturated/α-hetero) is 1. The number of rotatable bonds is 3. The van der Waals surface area contributed by atoms with Gasteiger partial charge in [-0.1, -0.05) is 91.0 Å². The summed E-state index contributed by atoms with van der Waals surface area (Å²) in [4.78, 5) is 34.6.